The molecule has 0 radical (unpaired) electrons. The van der Waals surface area contributed by atoms with Crippen molar-refractivity contribution in [3.05, 3.63) is 35.4 Å². The van der Waals surface area contributed by atoms with Crippen LogP contribution in [0.25, 0.3) is 0 Å². The molecule has 2 nitrogen and oxygen atoms in total. The molecule has 0 fully saturated rings. The van der Waals surface area contributed by atoms with Gasteiger partial charge in [0.05, 0.1) is 0 Å². The average Bonchev–Trinajstić information content (AvgIpc) is 2.70. The lowest BCUT2D eigenvalue weighted by Crippen LogP contribution is -2.37. The molecule has 1 aliphatic rings. The Kier molecular flexibility index (Phi) is 7.25. The van der Waals surface area contributed by atoms with E-state index in [-0.39, 0.29) is 0 Å². The molecule has 1 aromatic carbocycles. The van der Waals surface area contributed by atoms with Crippen LogP contribution in [0.15, 0.2) is 24.3 Å². The molecule has 2 rings (SSSR count). The zero-order valence-corrected chi connectivity index (χ0v) is 13.9. The summed E-state index contributed by atoms with van der Waals surface area (Å²) in [5.41, 5.74) is 3.11. The molecule has 1 aliphatic heterocycles. The molecule has 1 aromatic rings. The summed E-state index contributed by atoms with van der Waals surface area (Å²) in [5, 5.41) is 3.69. The highest BCUT2D eigenvalue weighted by atomic mass is 15.1. The van der Waals surface area contributed by atoms with E-state index in [1.54, 1.807) is 11.1 Å². The van der Waals surface area contributed by atoms with E-state index in [1.807, 2.05) is 0 Å². The third-order valence-corrected chi connectivity index (χ3v) is 4.67. The van der Waals surface area contributed by atoms with Gasteiger partial charge in [-0.3, -0.25) is 0 Å². The number of benzene rings is 1. The van der Waals surface area contributed by atoms with Crippen molar-refractivity contribution in [1.29, 1.82) is 0 Å². The minimum absolute atomic E-state index is 0.667. The molecule has 0 amide bonds. The van der Waals surface area contributed by atoms with Crippen LogP contribution in [0.5, 0.6) is 0 Å². The zero-order valence-electron chi connectivity index (χ0n) is 13.9. The first kappa shape index (κ1) is 16.5. The molecule has 0 spiro atoms. The monoisotopic (exact) mass is 288 g/mol. The molecule has 2 heteroatoms. The maximum atomic E-state index is 3.69. The molecule has 0 saturated heterocycles. The average molecular weight is 288 g/mol. The van der Waals surface area contributed by atoms with Crippen molar-refractivity contribution in [3.63, 3.8) is 0 Å². The van der Waals surface area contributed by atoms with Gasteiger partial charge in [-0.25, -0.2) is 0 Å². The highest BCUT2D eigenvalue weighted by molar-refractivity contribution is 5.28. The third-order valence-electron chi connectivity index (χ3n) is 4.67. The van der Waals surface area contributed by atoms with E-state index in [0.717, 1.165) is 6.54 Å². The van der Waals surface area contributed by atoms with Gasteiger partial charge >= 0.3 is 0 Å². The van der Waals surface area contributed by atoms with Gasteiger partial charge in [-0.15, -0.1) is 0 Å². The first-order valence-corrected chi connectivity index (χ1v) is 8.82. The first-order chi connectivity index (χ1) is 10.3. The van der Waals surface area contributed by atoms with E-state index in [0.29, 0.717) is 6.04 Å². The van der Waals surface area contributed by atoms with Crippen LogP contribution >= 0.6 is 0 Å². The lowest BCUT2D eigenvalue weighted by atomic mass is 10.0. The normalized spacial score (nSPS) is 17.2. The molecule has 1 atom stereocenters. The number of hydrogen-bond donors (Lipinski definition) is 1. The highest BCUT2D eigenvalue weighted by Gasteiger charge is 2.13. The SMILES string of the molecule is CCCCCC(C)NCCN1CCc2ccccc2CC1. The molecule has 1 N–H and O–H groups in total. The second kappa shape index (κ2) is 9.22. The van der Waals surface area contributed by atoms with Gasteiger partial charge in [0, 0.05) is 32.2 Å². The zero-order chi connectivity index (χ0) is 14.9. The second-order valence-electron chi connectivity index (χ2n) is 6.46. The number of rotatable bonds is 8. The smallest absolute Gasteiger partial charge is 0.0107 e. The summed E-state index contributed by atoms with van der Waals surface area (Å²) in [7, 11) is 0. The Labute approximate surface area is 130 Å². The van der Waals surface area contributed by atoms with E-state index < -0.39 is 0 Å². The van der Waals surface area contributed by atoms with E-state index in [2.05, 4.69) is 48.3 Å². The molecular weight excluding hydrogens is 256 g/mol. The molecule has 1 heterocycles. The van der Waals surface area contributed by atoms with Crippen molar-refractivity contribution in [2.75, 3.05) is 26.2 Å². The molecule has 0 saturated carbocycles. The summed E-state index contributed by atoms with van der Waals surface area (Å²) in [6.07, 6.45) is 7.80. The maximum absolute atomic E-state index is 3.69. The van der Waals surface area contributed by atoms with Gasteiger partial charge in [0.1, 0.15) is 0 Å². The molecular formula is C19H32N2. The Morgan fingerprint density at radius 2 is 1.76 bits per heavy atom. The van der Waals surface area contributed by atoms with Crippen molar-refractivity contribution in [3.8, 4) is 0 Å². The molecule has 0 aliphatic carbocycles. The summed E-state index contributed by atoms with van der Waals surface area (Å²) in [6, 6.07) is 9.61. The summed E-state index contributed by atoms with van der Waals surface area (Å²) in [4.78, 5) is 2.62. The molecule has 0 aromatic heterocycles. The predicted octanol–water partition coefficient (Wildman–Crippen LogP) is 3.65. The summed E-state index contributed by atoms with van der Waals surface area (Å²) < 4.78 is 0. The lowest BCUT2D eigenvalue weighted by molar-refractivity contribution is 0.281. The standard InChI is InChI=1S/C19H32N2/c1-3-4-5-8-17(2)20-13-16-21-14-11-18-9-6-7-10-19(18)12-15-21/h6-7,9-10,17,20H,3-5,8,11-16H2,1-2H3. The Bertz CT molecular complexity index is 375. The first-order valence-electron chi connectivity index (χ1n) is 8.82. The predicted molar refractivity (Wildman–Crippen MR) is 91.9 cm³/mol. The van der Waals surface area contributed by atoms with Crippen molar-refractivity contribution in [2.45, 2.75) is 58.4 Å². The Balaban J connectivity index is 1.64. The largest absolute Gasteiger partial charge is 0.313 e. The van der Waals surface area contributed by atoms with E-state index in [4.69, 9.17) is 0 Å². The van der Waals surface area contributed by atoms with E-state index >= 15 is 0 Å². The topological polar surface area (TPSA) is 15.3 Å². The van der Waals surface area contributed by atoms with Crippen LogP contribution in [0.3, 0.4) is 0 Å². The maximum Gasteiger partial charge on any atom is 0.0107 e. The van der Waals surface area contributed by atoms with Gasteiger partial charge < -0.3 is 10.2 Å². The van der Waals surface area contributed by atoms with Crippen LogP contribution in [0, 0.1) is 0 Å². The van der Waals surface area contributed by atoms with Crippen LogP contribution in [0.1, 0.15) is 50.7 Å². The second-order valence-corrected chi connectivity index (χ2v) is 6.46. The van der Waals surface area contributed by atoms with Crippen molar-refractivity contribution < 1.29 is 0 Å². The fraction of sp³-hybridized carbons (Fsp3) is 0.684. The van der Waals surface area contributed by atoms with Crippen LogP contribution in [0.4, 0.5) is 0 Å². The van der Waals surface area contributed by atoms with E-state index in [9.17, 15) is 0 Å². The van der Waals surface area contributed by atoms with Crippen molar-refractivity contribution >= 4 is 0 Å². The number of nitrogens with zero attached hydrogens (tertiary/aromatic N) is 1. The Hall–Kier alpha value is -0.860. The number of unbranched alkanes of at least 4 members (excludes halogenated alkanes) is 2. The fourth-order valence-corrected chi connectivity index (χ4v) is 3.21. The Morgan fingerprint density at radius 1 is 1.10 bits per heavy atom. The summed E-state index contributed by atoms with van der Waals surface area (Å²) in [6.45, 7) is 9.34. The van der Waals surface area contributed by atoms with E-state index in [1.165, 1.54) is 58.2 Å². The molecule has 118 valence electrons. The minimum Gasteiger partial charge on any atom is -0.313 e. The highest BCUT2D eigenvalue weighted by Crippen LogP contribution is 2.15. The van der Waals surface area contributed by atoms with Gasteiger partial charge in [0.25, 0.3) is 0 Å². The van der Waals surface area contributed by atoms with Gasteiger partial charge in [0.2, 0.25) is 0 Å². The van der Waals surface area contributed by atoms with Crippen LogP contribution in [-0.4, -0.2) is 37.1 Å². The number of fused-ring (bicyclic) bond motifs is 1. The Morgan fingerprint density at radius 3 is 2.38 bits per heavy atom. The molecule has 0 bridgehead atoms. The summed E-state index contributed by atoms with van der Waals surface area (Å²) in [5.74, 6) is 0. The van der Waals surface area contributed by atoms with Gasteiger partial charge in [0.15, 0.2) is 0 Å². The molecule has 21 heavy (non-hydrogen) atoms. The third kappa shape index (κ3) is 5.80. The van der Waals surface area contributed by atoms with Gasteiger partial charge in [-0.1, -0.05) is 50.5 Å². The quantitative estimate of drug-likeness (QED) is 0.735. The number of nitrogens with one attached hydrogen (secondary N) is 1. The van der Waals surface area contributed by atoms with Gasteiger partial charge in [-0.05, 0) is 37.3 Å². The fourth-order valence-electron chi connectivity index (χ4n) is 3.21. The summed E-state index contributed by atoms with van der Waals surface area (Å²) >= 11 is 0. The molecule has 1 unspecified atom stereocenters. The van der Waals surface area contributed by atoms with Crippen molar-refractivity contribution in [1.82, 2.24) is 10.2 Å². The van der Waals surface area contributed by atoms with Crippen LogP contribution < -0.4 is 5.32 Å². The van der Waals surface area contributed by atoms with Gasteiger partial charge in [-0.2, -0.15) is 0 Å². The number of hydrogen-bond acceptors (Lipinski definition) is 2. The van der Waals surface area contributed by atoms with Crippen LogP contribution in [-0.2, 0) is 12.8 Å². The minimum atomic E-state index is 0.667. The van der Waals surface area contributed by atoms with Crippen molar-refractivity contribution in [2.24, 2.45) is 0 Å². The lowest BCUT2D eigenvalue weighted by Gasteiger charge is -2.21. The van der Waals surface area contributed by atoms with Crippen LogP contribution in [0.2, 0.25) is 0 Å².